The average molecular weight is 260 g/mol. The van der Waals surface area contributed by atoms with Crippen molar-refractivity contribution in [2.45, 2.75) is 0 Å². The topological polar surface area (TPSA) is 9.23 Å². The second-order valence-electron chi connectivity index (χ2n) is 2.23. The molecule has 0 saturated carbocycles. The molecule has 0 spiro atoms. The predicted octanol–water partition coefficient (Wildman–Crippen LogP) is 3.12. The molecule has 0 heterocycles. The lowest BCUT2D eigenvalue weighted by Gasteiger charge is -2.00. The summed E-state index contributed by atoms with van der Waals surface area (Å²) in [6.45, 7) is 0.410. The van der Waals surface area contributed by atoms with Gasteiger partial charge in [-0.1, -0.05) is 39.4 Å². The molecule has 0 aliphatic rings. The first-order valence-electron chi connectivity index (χ1n) is 3.73. The third kappa shape index (κ3) is 4.21. The second-order valence-corrected chi connectivity index (χ2v) is 3.23. The molecule has 0 saturated heterocycles. The fourth-order valence-electron chi connectivity index (χ4n) is 0.749. The van der Waals surface area contributed by atoms with Crippen LogP contribution in [0.5, 0.6) is 5.75 Å². The van der Waals surface area contributed by atoms with Gasteiger partial charge in [-0.3, -0.25) is 0 Å². The standard InChI is InChI=1S/C10H8BrClO/c11-7-1-2-8-13-10-5-3-9(12)4-6-10/h3-6H,7-8H2. The molecule has 0 aromatic heterocycles. The molecule has 1 rings (SSSR count). The molecule has 0 N–H and O–H groups in total. The summed E-state index contributed by atoms with van der Waals surface area (Å²) in [7, 11) is 0. The lowest BCUT2D eigenvalue weighted by molar-refractivity contribution is 0.370. The van der Waals surface area contributed by atoms with E-state index in [0.717, 1.165) is 5.75 Å². The van der Waals surface area contributed by atoms with Gasteiger partial charge in [-0.25, -0.2) is 0 Å². The Balaban J connectivity index is 2.41. The highest BCUT2D eigenvalue weighted by atomic mass is 79.9. The largest absolute Gasteiger partial charge is 0.481 e. The van der Waals surface area contributed by atoms with Crippen LogP contribution in [0.2, 0.25) is 5.02 Å². The minimum Gasteiger partial charge on any atom is -0.481 e. The van der Waals surface area contributed by atoms with Crippen LogP contribution in [-0.4, -0.2) is 11.9 Å². The van der Waals surface area contributed by atoms with Crippen LogP contribution < -0.4 is 4.74 Å². The van der Waals surface area contributed by atoms with Crippen molar-refractivity contribution in [1.29, 1.82) is 0 Å². The zero-order valence-electron chi connectivity index (χ0n) is 6.89. The van der Waals surface area contributed by atoms with Gasteiger partial charge in [0.05, 0.1) is 5.33 Å². The molecule has 0 amide bonds. The summed E-state index contributed by atoms with van der Waals surface area (Å²) < 4.78 is 5.31. The van der Waals surface area contributed by atoms with Crippen LogP contribution in [-0.2, 0) is 0 Å². The number of ether oxygens (including phenoxy) is 1. The Hall–Kier alpha value is -0.650. The Morgan fingerprint density at radius 3 is 2.54 bits per heavy atom. The van der Waals surface area contributed by atoms with E-state index in [1.54, 1.807) is 12.1 Å². The fraction of sp³-hybridized carbons (Fsp3) is 0.200. The summed E-state index contributed by atoms with van der Waals surface area (Å²) in [5.74, 6) is 6.48. The molecule has 1 nitrogen and oxygen atoms in total. The van der Waals surface area contributed by atoms with Gasteiger partial charge < -0.3 is 4.74 Å². The third-order valence-corrected chi connectivity index (χ3v) is 1.85. The SMILES string of the molecule is Clc1ccc(OCC#CCBr)cc1. The molecule has 0 bridgehead atoms. The molecule has 0 fully saturated rings. The molecule has 0 atom stereocenters. The van der Waals surface area contributed by atoms with E-state index < -0.39 is 0 Å². The summed E-state index contributed by atoms with van der Waals surface area (Å²) in [4.78, 5) is 0. The summed E-state index contributed by atoms with van der Waals surface area (Å²) in [6.07, 6.45) is 0. The van der Waals surface area contributed by atoms with Crippen molar-refractivity contribution in [1.82, 2.24) is 0 Å². The van der Waals surface area contributed by atoms with Crippen molar-refractivity contribution in [3.05, 3.63) is 29.3 Å². The normalized spacial score (nSPS) is 8.77. The highest BCUT2D eigenvalue weighted by molar-refractivity contribution is 9.09. The zero-order chi connectivity index (χ0) is 9.52. The first kappa shape index (κ1) is 10.4. The molecule has 0 unspecified atom stereocenters. The maximum Gasteiger partial charge on any atom is 0.149 e. The van der Waals surface area contributed by atoms with E-state index in [1.165, 1.54) is 0 Å². The Kier molecular flexibility index (Phi) is 4.74. The van der Waals surface area contributed by atoms with Gasteiger partial charge in [-0.05, 0) is 24.3 Å². The zero-order valence-corrected chi connectivity index (χ0v) is 9.23. The number of halogens is 2. The van der Waals surface area contributed by atoms with E-state index in [9.17, 15) is 0 Å². The van der Waals surface area contributed by atoms with Crippen molar-refractivity contribution in [3.63, 3.8) is 0 Å². The van der Waals surface area contributed by atoms with E-state index in [4.69, 9.17) is 16.3 Å². The van der Waals surface area contributed by atoms with Crippen molar-refractivity contribution >= 4 is 27.5 Å². The van der Waals surface area contributed by atoms with Gasteiger partial charge >= 0.3 is 0 Å². The maximum absolute atomic E-state index is 5.71. The van der Waals surface area contributed by atoms with Gasteiger partial charge in [0.25, 0.3) is 0 Å². The van der Waals surface area contributed by atoms with Gasteiger partial charge in [0.2, 0.25) is 0 Å². The lowest BCUT2D eigenvalue weighted by Crippen LogP contribution is -1.93. The summed E-state index contributed by atoms with van der Waals surface area (Å²) in [5.41, 5.74) is 0. The van der Waals surface area contributed by atoms with Crippen molar-refractivity contribution in [2.75, 3.05) is 11.9 Å². The van der Waals surface area contributed by atoms with Gasteiger partial charge in [0.15, 0.2) is 0 Å². The maximum atomic E-state index is 5.71. The fourth-order valence-corrected chi connectivity index (χ4v) is 1.07. The molecule has 0 aliphatic heterocycles. The van der Waals surface area contributed by atoms with Crippen LogP contribution >= 0.6 is 27.5 Å². The lowest BCUT2D eigenvalue weighted by atomic mass is 10.3. The smallest absolute Gasteiger partial charge is 0.149 e. The van der Waals surface area contributed by atoms with Crippen LogP contribution in [0.15, 0.2) is 24.3 Å². The molecule has 13 heavy (non-hydrogen) atoms. The molecule has 1 aromatic carbocycles. The van der Waals surface area contributed by atoms with Crippen molar-refractivity contribution < 1.29 is 4.74 Å². The van der Waals surface area contributed by atoms with Gasteiger partial charge in [0.1, 0.15) is 12.4 Å². The first-order valence-corrected chi connectivity index (χ1v) is 5.23. The minimum absolute atomic E-state index is 0.410. The van der Waals surface area contributed by atoms with E-state index in [2.05, 4.69) is 27.8 Å². The second kappa shape index (κ2) is 5.90. The number of hydrogen-bond donors (Lipinski definition) is 0. The molecule has 3 heteroatoms. The molecular weight excluding hydrogens is 251 g/mol. The third-order valence-electron chi connectivity index (χ3n) is 1.32. The first-order chi connectivity index (χ1) is 6.33. The molecular formula is C10H8BrClO. The molecule has 68 valence electrons. The number of benzene rings is 1. The van der Waals surface area contributed by atoms with Crippen molar-refractivity contribution in [2.24, 2.45) is 0 Å². The van der Waals surface area contributed by atoms with Gasteiger partial charge in [0, 0.05) is 5.02 Å². The van der Waals surface area contributed by atoms with Crippen LogP contribution in [0, 0.1) is 11.8 Å². The monoisotopic (exact) mass is 258 g/mol. The highest BCUT2D eigenvalue weighted by Gasteiger charge is 1.90. The highest BCUT2D eigenvalue weighted by Crippen LogP contribution is 2.14. The van der Waals surface area contributed by atoms with E-state index in [0.29, 0.717) is 17.0 Å². The van der Waals surface area contributed by atoms with Crippen LogP contribution in [0.25, 0.3) is 0 Å². The Morgan fingerprint density at radius 1 is 1.23 bits per heavy atom. The van der Waals surface area contributed by atoms with Crippen LogP contribution in [0.4, 0.5) is 0 Å². The summed E-state index contributed by atoms with van der Waals surface area (Å²) in [6, 6.07) is 7.21. The van der Waals surface area contributed by atoms with Crippen LogP contribution in [0.1, 0.15) is 0 Å². The predicted molar refractivity (Wildman–Crippen MR) is 58.5 cm³/mol. The number of rotatable bonds is 2. The Labute approximate surface area is 91.2 Å². The Morgan fingerprint density at radius 2 is 1.92 bits per heavy atom. The Bertz CT molecular complexity index is 310. The minimum atomic E-state index is 0.410. The average Bonchev–Trinajstić information content (AvgIpc) is 2.15. The van der Waals surface area contributed by atoms with Crippen LogP contribution in [0.3, 0.4) is 0 Å². The molecule has 1 aromatic rings. The molecule has 0 aliphatic carbocycles. The number of alkyl halides is 1. The van der Waals surface area contributed by atoms with E-state index >= 15 is 0 Å². The van der Waals surface area contributed by atoms with E-state index in [-0.39, 0.29) is 0 Å². The van der Waals surface area contributed by atoms with Gasteiger partial charge in [-0.2, -0.15) is 0 Å². The van der Waals surface area contributed by atoms with Crippen molar-refractivity contribution in [3.8, 4) is 17.6 Å². The quantitative estimate of drug-likeness (QED) is 0.586. The van der Waals surface area contributed by atoms with E-state index in [1.807, 2.05) is 12.1 Å². The molecule has 0 radical (unpaired) electrons. The summed E-state index contributed by atoms with van der Waals surface area (Å²) >= 11 is 8.90. The summed E-state index contributed by atoms with van der Waals surface area (Å²) in [5, 5.41) is 1.38. The van der Waals surface area contributed by atoms with Gasteiger partial charge in [-0.15, -0.1) is 0 Å². The number of hydrogen-bond acceptors (Lipinski definition) is 1.